The smallest absolute Gasteiger partial charge is 0.343 e. The van der Waals surface area contributed by atoms with Gasteiger partial charge in [0.05, 0.1) is 5.39 Å². The van der Waals surface area contributed by atoms with Crippen molar-refractivity contribution in [1.29, 1.82) is 0 Å². The van der Waals surface area contributed by atoms with E-state index in [1.54, 1.807) is 39.8 Å². The van der Waals surface area contributed by atoms with E-state index in [1.807, 2.05) is 13.0 Å². The first kappa shape index (κ1) is 14.3. The summed E-state index contributed by atoms with van der Waals surface area (Å²) in [6.45, 7) is 8.90. The minimum atomic E-state index is -0.601. The highest BCUT2D eigenvalue weighted by Crippen LogP contribution is 2.23. The lowest BCUT2D eigenvalue weighted by Gasteiger charge is -2.20. The lowest BCUT2D eigenvalue weighted by Crippen LogP contribution is -2.25. The zero-order valence-electron chi connectivity index (χ0n) is 12.4. The molecule has 0 saturated carbocycles. The van der Waals surface area contributed by atoms with Crippen molar-refractivity contribution < 1.29 is 13.9 Å². The average Bonchev–Trinajstić information content (AvgIpc) is 2.25. The number of hydrogen-bond donors (Lipinski definition) is 0. The van der Waals surface area contributed by atoms with Gasteiger partial charge in [0.2, 0.25) is 0 Å². The number of fused-ring (bicyclic) bond motifs is 1. The lowest BCUT2D eigenvalue weighted by molar-refractivity contribution is 0.00682. The zero-order chi connectivity index (χ0) is 15.1. The molecule has 0 fully saturated rings. The van der Waals surface area contributed by atoms with Crippen molar-refractivity contribution >= 4 is 16.7 Å². The van der Waals surface area contributed by atoms with E-state index in [-0.39, 0.29) is 5.76 Å². The lowest BCUT2D eigenvalue weighted by atomic mass is 10.0. The zero-order valence-corrected chi connectivity index (χ0v) is 12.4. The average molecular weight is 274 g/mol. The van der Waals surface area contributed by atoms with Crippen molar-refractivity contribution in [2.24, 2.45) is 0 Å². The molecular weight excluding hydrogens is 256 g/mol. The highest BCUT2D eigenvalue weighted by Gasteiger charge is 2.23. The molecule has 2 rings (SSSR count). The second-order valence-corrected chi connectivity index (χ2v) is 5.87. The number of ether oxygens (including phenoxy) is 1. The topological polar surface area (TPSA) is 56.5 Å². The maximum absolute atomic E-state index is 12.3. The molecule has 0 aliphatic heterocycles. The van der Waals surface area contributed by atoms with Gasteiger partial charge in [-0.3, -0.25) is 0 Å². The van der Waals surface area contributed by atoms with Crippen LogP contribution in [0.1, 0.15) is 42.5 Å². The first-order valence-corrected chi connectivity index (χ1v) is 6.46. The molecule has 1 heterocycles. The predicted octanol–water partition coefficient (Wildman–Crippen LogP) is 3.37. The number of hydrogen-bond acceptors (Lipinski definition) is 4. The van der Waals surface area contributed by atoms with Gasteiger partial charge in [0, 0.05) is 5.39 Å². The Balaban J connectivity index is 2.72. The number of carbonyl (C=O) groups is 1. The van der Waals surface area contributed by atoms with Crippen LogP contribution in [0.5, 0.6) is 0 Å². The summed E-state index contributed by atoms with van der Waals surface area (Å²) in [4.78, 5) is 24.2. The number of rotatable bonds is 1. The molecule has 0 spiro atoms. The normalized spacial score (nSPS) is 11.7. The fraction of sp³-hybridized carbons (Fsp3) is 0.375. The molecule has 0 saturated heterocycles. The third kappa shape index (κ3) is 2.74. The molecule has 0 radical (unpaired) electrons. The van der Waals surface area contributed by atoms with Gasteiger partial charge in [-0.1, -0.05) is 17.7 Å². The maximum atomic E-state index is 12.3. The van der Waals surface area contributed by atoms with Crippen molar-refractivity contribution in [3.63, 3.8) is 0 Å². The van der Waals surface area contributed by atoms with Crippen LogP contribution in [-0.2, 0) is 4.74 Å². The van der Waals surface area contributed by atoms with Crippen LogP contribution in [0.2, 0.25) is 0 Å². The molecule has 20 heavy (non-hydrogen) atoms. The molecule has 0 aliphatic rings. The number of carbonyl (C=O) groups excluding carboxylic acids is 1. The Kier molecular flexibility index (Phi) is 3.42. The Morgan fingerprint density at radius 3 is 2.40 bits per heavy atom. The van der Waals surface area contributed by atoms with Gasteiger partial charge in [-0.05, 0) is 40.7 Å². The number of aryl methyl sites for hydroxylation is 2. The molecule has 1 aromatic carbocycles. The van der Waals surface area contributed by atoms with Gasteiger partial charge in [0.1, 0.15) is 16.9 Å². The van der Waals surface area contributed by atoms with Gasteiger partial charge in [-0.25, -0.2) is 9.59 Å². The largest absolute Gasteiger partial charge is 0.456 e. The van der Waals surface area contributed by atoms with Crippen LogP contribution < -0.4 is 5.63 Å². The van der Waals surface area contributed by atoms with Crippen molar-refractivity contribution in [1.82, 2.24) is 0 Å². The van der Waals surface area contributed by atoms with Crippen LogP contribution in [0, 0.1) is 13.8 Å². The summed E-state index contributed by atoms with van der Waals surface area (Å²) >= 11 is 0. The van der Waals surface area contributed by atoms with Crippen LogP contribution in [0.15, 0.2) is 27.4 Å². The third-order valence-electron chi connectivity index (χ3n) is 2.87. The summed E-state index contributed by atoms with van der Waals surface area (Å²) in [5.74, 6) is -0.198. The standard InChI is InChI=1S/C16H18O4/c1-9-6-7-11-12(8-9)13(10(2)19-14(11)17)15(18)20-16(3,4)5/h6-8H,1-5H3. The summed E-state index contributed by atoms with van der Waals surface area (Å²) < 4.78 is 10.5. The molecule has 4 heteroatoms. The molecular formula is C16H18O4. The summed E-state index contributed by atoms with van der Waals surface area (Å²) in [7, 11) is 0. The molecule has 0 amide bonds. The van der Waals surface area contributed by atoms with E-state index in [9.17, 15) is 9.59 Å². The monoisotopic (exact) mass is 274 g/mol. The van der Waals surface area contributed by atoms with Gasteiger partial charge in [-0.2, -0.15) is 0 Å². The highest BCUT2D eigenvalue weighted by molar-refractivity contribution is 6.05. The fourth-order valence-electron chi connectivity index (χ4n) is 2.06. The number of benzene rings is 1. The third-order valence-corrected chi connectivity index (χ3v) is 2.87. The Hall–Kier alpha value is -2.10. The Bertz CT molecular complexity index is 732. The molecule has 1 aromatic heterocycles. The van der Waals surface area contributed by atoms with E-state index >= 15 is 0 Å². The first-order valence-electron chi connectivity index (χ1n) is 6.46. The fourth-order valence-corrected chi connectivity index (χ4v) is 2.06. The van der Waals surface area contributed by atoms with E-state index in [1.165, 1.54) is 0 Å². The van der Waals surface area contributed by atoms with Gasteiger partial charge in [0.25, 0.3) is 0 Å². The van der Waals surface area contributed by atoms with Crippen LogP contribution >= 0.6 is 0 Å². The Morgan fingerprint density at radius 1 is 1.15 bits per heavy atom. The quantitative estimate of drug-likeness (QED) is 0.748. The second kappa shape index (κ2) is 4.78. The van der Waals surface area contributed by atoms with Crippen LogP contribution in [0.4, 0.5) is 0 Å². The van der Waals surface area contributed by atoms with Gasteiger partial charge >= 0.3 is 11.6 Å². The summed E-state index contributed by atoms with van der Waals surface area (Å²) in [5.41, 5.74) is 0.242. The van der Waals surface area contributed by atoms with Crippen molar-refractivity contribution in [3.05, 3.63) is 45.5 Å². The molecule has 0 unspecified atom stereocenters. The summed E-state index contributed by atoms with van der Waals surface area (Å²) in [6.07, 6.45) is 0. The van der Waals surface area contributed by atoms with Gasteiger partial charge in [-0.15, -0.1) is 0 Å². The molecule has 2 aromatic rings. The Labute approximate surface area is 117 Å². The minimum absolute atomic E-state index is 0.280. The summed E-state index contributed by atoms with van der Waals surface area (Å²) in [5, 5.41) is 0.968. The van der Waals surface area contributed by atoms with E-state index in [4.69, 9.17) is 9.15 Å². The van der Waals surface area contributed by atoms with E-state index in [2.05, 4.69) is 0 Å². The van der Waals surface area contributed by atoms with Gasteiger partial charge < -0.3 is 9.15 Å². The number of esters is 1. The second-order valence-electron chi connectivity index (χ2n) is 5.87. The minimum Gasteiger partial charge on any atom is -0.456 e. The molecule has 0 atom stereocenters. The molecule has 0 N–H and O–H groups in total. The van der Waals surface area contributed by atoms with Crippen LogP contribution in [0.25, 0.3) is 10.8 Å². The van der Waals surface area contributed by atoms with Crippen LogP contribution in [-0.4, -0.2) is 11.6 Å². The highest BCUT2D eigenvalue weighted by atomic mass is 16.6. The van der Waals surface area contributed by atoms with E-state index in [0.717, 1.165) is 5.56 Å². The van der Waals surface area contributed by atoms with Crippen LogP contribution in [0.3, 0.4) is 0 Å². The van der Waals surface area contributed by atoms with E-state index in [0.29, 0.717) is 16.3 Å². The predicted molar refractivity (Wildman–Crippen MR) is 77.1 cm³/mol. The molecule has 106 valence electrons. The van der Waals surface area contributed by atoms with Gasteiger partial charge in [0.15, 0.2) is 0 Å². The molecule has 0 aliphatic carbocycles. The maximum Gasteiger partial charge on any atom is 0.343 e. The van der Waals surface area contributed by atoms with E-state index < -0.39 is 17.2 Å². The van der Waals surface area contributed by atoms with Crippen molar-refractivity contribution in [3.8, 4) is 0 Å². The first-order chi connectivity index (χ1) is 9.19. The van der Waals surface area contributed by atoms with Crippen molar-refractivity contribution in [2.45, 2.75) is 40.2 Å². The SMILES string of the molecule is Cc1ccc2c(=O)oc(C)c(C(=O)OC(C)(C)C)c2c1. The molecule has 0 bridgehead atoms. The Morgan fingerprint density at radius 2 is 1.80 bits per heavy atom. The molecule has 4 nitrogen and oxygen atoms in total. The van der Waals surface area contributed by atoms with Crippen molar-refractivity contribution in [2.75, 3.05) is 0 Å². The summed E-state index contributed by atoms with van der Waals surface area (Å²) in [6, 6.07) is 5.29.